The number of halogens is 1. The van der Waals surface area contributed by atoms with E-state index in [0.29, 0.717) is 13.2 Å². The number of benzene rings is 1. The highest BCUT2D eigenvalue weighted by molar-refractivity contribution is 5.85. The van der Waals surface area contributed by atoms with E-state index in [4.69, 9.17) is 10.5 Å². The van der Waals surface area contributed by atoms with E-state index < -0.39 is 0 Å². The summed E-state index contributed by atoms with van der Waals surface area (Å²) in [5.41, 5.74) is 7.25. The Balaban J connectivity index is 0.00000220. The Kier molecular flexibility index (Phi) is 6.65. The van der Waals surface area contributed by atoms with Crippen LogP contribution in [-0.2, 0) is 9.53 Å². The van der Waals surface area contributed by atoms with Crippen LogP contribution in [0.4, 0.5) is 0 Å². The smallest absolute Gasteiger partial charge is 0.227 e. The van der Waals surface area contributed by atoms with Crippen molar-refractivity contribution in [3.05, 3.63) is 35.9 Å². The molecule has 1 saturated heterocycles. The fourth-order valence-corrected chi connectivity index (χ4v) is 2.62. The Morgan fingerprint density at radius 2 is 1.95 bits per heavy atom. The van der Waals surface area contributed by atoms with E-state index in [0.717, 1.165) is 5.56 Å². The Hall–Kier alpha value is -1.10. The van der Waals surface area contributed by atoms with Gasteiger partial charge in [0.25, 0.3) is 0 Å². The van der Waals surface area contributed by atoms with Gasteiger partial charge >= 0.3 is 0 Å². The van der Waals surface area contributed by atoms with Crippen molar-refractivity contribution in [2.24, 2.45) is 11.7 Å². The third-order valence-corrected chi connectivity index (χ3v) is 4.28. The number of amides is 1. The maximum atomic E-state index is 12.7. The summed E-state index contributed by atoms with van der Waals surface area (Å²) >= 11 is 0. The van der Waals surface area contributed by atoms with Crippen molar-refractivity contribution in [2.45, 2.75) is 39.0 Å². The molecule has 1 aromatic rings. The van der Waals surface area contributed by atoms with Crippen LogP contribution < -0.4 is 5.73 Å². The second kappa shape index (κ2) is 7.78. The molecule has 2 rings (SSSR count). The molecular weight excluding hydrogens is 288 g/mol. The van der Waals surface area contributed by atoms with Crippen LogP contribution in [0.2, 0.25) is 0 Å². The summed E-state index contributed by atoms with van der Waals surface area (Å²) in [5.74, 6) is -0.117. The van der Waals surface area contributed by atoms with Gasteiger partial charge in [0.1, 0.15) is 0 Å². The number of carbonyl (C=O) groups excluding carboxylic acids is 1. The van der Waals surface area contributed by atoms with Crippen LogP contribution in [0.15, 0.2) is 30.3 Å². The number of morpholine rings is 1. The lowest BCUT2D eigenvalue weighted by Crippen LogP contribution is -2.53. The summed E-state index contributed by atoms with van der Waals surface area (Å²) < 4.78 is 5.57. The maximum absolute atomic E-state index is 12.7. The van der Waals surface area contributed by atoms with Crippen molar-refractivity contribution in [1.82, 2.24) is 4.90 Å². The van der Waals surface area contributed by atoms with Crippen LogP contribution in [0.3, 0.4) is 0 Å². The normalized spacial score (nSPS) is 24.9. The van der Waals surface area contributed by atoms with E-state index in [2.05, 4.69) is 0 Å². The molecule has 0 spiro atoms. The van der Waals surface area contributed by atoms with E-state index in [1.807, 2.05) is 56.0 Å². The van der Waals surface area contributed by atoms with Crippen molar-refractivity contribution in [3.63, 3.8) is 0 Å². The molecule has 0 radical (unpaired) electrons. The first-order valence-electron chi connectivity index (χ1n) is 7.25. The Labute approximate surface area is 133 Å². The van der Waals surface area contributed by atoms with E-state index in [1.54, 1.807) is 0 Å². The lowest BCUT2D eigenvalue weighted by atomic mass is 9.93. The Morgan fingerprint density at radius 3 is 2.57 bits per heavy atom. The van der Waals surface area contributed by atoms with E-state index in [1.165, 1.54) is 0 Å². The molecule has 1 fully saturated rings. The van der Waals surface area contributed by atoms with Crippen LogP contribution in [0.5, 0.6) is 0 Å². The minimum atomic E-state index is -0.269. The molecule has 1 aliphatic heterocycles. The third kappa shape index (κ3) is 3.96. The molecule has 0 bridgehead atoms. The molecule has 1 aliphatic rings. The molecule has 1 heterocycles. The number of carbonyl (C=O) groups is 1. The first kappa shape index (κ1) is 18.0. The third-order valence-electron chi connectivity index (χ3n) is 4.28. The predicted octanol–water partition coefficient (Wildman–Crippen LogP) is 2.38. The summed E-state index contributed by atoms with van der Waals surface area (Å²) in [6.45, 7) is 7.20. The zero-order chi connectivity index (χ0) is 14.7. The van der Waals surface area contributed by atoms with E-state index >= 15 is 0 Å². The van der Waals surface area contributed by atoms with Gasteiger partial charge in [0.05, 0.1) is 24.7 Å². The summed E-state index contributed by atoms with van der Waals surface area (Å²) in [4.78, 5) is 14.6. The van der Waals surface area contributed by atoms with Gasteiger partial charge < -0.3 is 15.4 Å². The molecular formula is C16H25ClN2O2. The second-order valence-corrected chi connectivity index (χ2v) is 5.57. The molecule has 4 unspecified atom stereocenters. The van der Waals surface area contributed by atoms with Gasteiger partial charge in [-0.25, -0.2) is 0 Å². The fourth-order valence-electron chi connectivity index (χ4n) is 2.62. The van der Waals surface area contributed by atoms with Crippen molar-refractivity contribution >= 4 is 18.3 Å². The minimum Gasteiger partial charge on any atom is -0.375 e. The van der Waals surface area contributed by atoms with Gasteiger partial charge in [-0.3, -0.25) is 4.79 Å². The van der Waals surface area contributed by atoms with Gasteiger partial charge in [-0.05, 0) is 19.4 Å². The Bertz CT molecular complexity index is 455. The van der Waals surface area contributed by atoms with Crippen LogP contribution in [0, 0.1) is 5.92 Å². The summed E-state index contributed by atoms with van der Waals surface area (Å²) in [7, 11) is 0. The number of hydrogen-bond acceptors (Lipinski definition) is 3. The molecule has 1 amide bonds. The average Bonchev–Trinajstić information content (AvgIpc) is 2.48. The largest absolute Gasteiger partial charge is 0.375 e. The van der Waals surface area contributed by atoms with E-state index in [9.17, 15) is 4.79 Å². The van der Waals surface area contributed by atoms with Gasteiger partial charge in [0, 0.05) is 12.6 Å². The maximum Gasteiger partial charge on any atom is 0.227 e. The van der Waals surface area contributed by atoms with Gasteiger partial charge in [-0.2, -0.15) is 0 Å². The summed E-state index contributed by atoms with van der Waals surface area (Å²) in [5, 5.41) is 0. The lowest BCUT2D eigenvalue weighted by Gasteiger charge is -2.40. The summed E-state index contributed by atoms with van der Waals surface area (Å²) in [6.07, 6.45) is 0.0767. The number of nitrogens with two attached hydrogens (primary N) is 1. The quantitative estimate of drug-likeness (QED) is 0.932. The van der Waals surface area contributed by atoms with Crippen molar-refractivity contribution in [1.29, 1.82) is 0 Å². The zero-order valence-electron chi connectivity index (χ0n) is 12.9. The topological polar surface area (TPSA) is 55.6 Å². The zero-order valence-corrected chi connectivity index (χ0v) is 13.7. The van der Waals surface area contributed by atoms with Crippen LogP contribution in [0.1, 0.15) is 32.4 Å². The predicted molar refractivity (Wildman–Crippen MR) is 86.4 cm³/mol. The first-order valence-corrected chi connectivity index (χ1v) is 7.25. The highest BCUT2D eigenvalue weighted by Gasteiger charge is 2.33. The van der Waals surface area contributed by atoms with Crippen molar-refractivity contribution in [3.8, 4) is 0 Å². The van der Waals surface area contributed by atoms with Gasteiger partial charge in [-0.15, -0.1) is 12.4 Å². The molecule has 0 saturated carbocycles. The number of ether oxygens (including phenoxy) is 1. The van der Waals surface area contributed by atoms with Crippen molar-refractivity contribution in [2.75, 3.05) is 13.2 Å². The number of nitrogens with zero attached hydrogens (tertiary/aromatic N) is 1. The van der Waals surface area contributed by atoms with Crippen molar-refractivity contribution < 1.29 is 9.53 Å². The van der Waals surface area contributed by atoms with Crippen LogP contribution in [-0.4, -0.2) is 36.1 Å². The van der Waals surface area contributed by atoms with E-state index in [-0.39, 0.29) is 42.4 Å². The molecule has 5 heteroatoms. The van der Waals surface area contributed by atoms with Gasteiger partial charge in [0.15, 0.2) is 0 Å². The van der Waals surface area contributed by atoms with Gasteiger partial charge in [-0.1, -0.05) is 37.3 Å². The number of rotatable bonds is 3. The standard InChI is InChI=1S/C16H24N2O2.ClH/c1-11(15(17)14-7-5-4-6-8-14)16(19)18-9-10-20-13(3)12(18)2;/h4-8,11-13,15H,9-10,17H2,1-3H3;1H. The van der Waals surface area contributed by atoms with Crippen LogP contribution >= 0.6 is 12.4 Å². The minimum absolute atomic E-state index is 0. The molecule has 2 N–H and O–H groups in total. The molecule has 1 aromatic carbocycles. The average molecular weight is 313 g/mol. The monoisotopic (exact) mass is 312 g/mol. The first-order chi connectivity index (χ1) is 9.52. The molecule has 4 atom stereocenters. The SMILES string of the molecule is CC1OCCN(C(=O)C(C)C(N)c2ccccc2)C1C.Cl. The number of hydrogen-bond donors (Lipinski definition) is 1. The molecule has 4 nitrogen and oxygen atoms in total. The highest BCUT2D eigenvalue weighted by atomic mass is 35.5. The molecule has 118 valence electrons. The van der Waals surface area contributed by atoms with Crippen LogP contribution in [0.25, 0.3) is 0 Å². The summed E-state index contributed by atoms with van der Waals surface area (Å²) in [6, 6.07) is 9.63. The Morgan fingerprint density at radius 1 is 1.33 bits per heavy atom. The van der Waals surface area contributed by atoms with Gasteiger partial charge in [0.2, 0.25) is 5.91 Å². The fraction of sp³-hybridized carbons (Fsp3) is 0.562. The molecule has 21 heavy (non-hydrogen) atoms. The second-order valence-electron chi connectivity index (χ2n) is 5.57. The molecule has 0 aromatic heterocycles. The molecule has 0 aliphatic carbocycles. The highest BCUT2D eigenvalue weighted by Crippen LogP contribution is 2.24. The lowest BCUT2D eigenvalue weighted by molar-refractivity contribution is -0.148.